The minimum atomic E-state index is -1.33. The number of anilines is 1. The molecule has 92 valence electrons. The van der Waals surface area contributed by atoms with E-state index in [2.05, 4.69) is 4.98 Å². The lowest BCUT2D eigenvalue weighted by Crippen LogP contribution is -2.23. The Balaban J connectivity index is 3.27. The zero-order chi connectivity index (χ0) is 13.0. The van der Waals surface area contributed by atoms with Crippen LogP contribution in [0.15, 0.2) is 12.3 Å². The van der Waals surface area contributed by atoms with Gasteiger partial charge in [-0.05, 0) is 13.8 Å². The molecule has 0 bridgehead atoms. The van der Waals surface area contributed by atoms with Gasteiger partial charge in [0.2, 0.25) is 0 Å². The third-order valence-electron chi connectivity index (χ3n) is 2.38. The number of carboxylic acids is 1. The molecule has 1 aromatic heterocycles. The molecule has 1 rings (SSSR count). The number of aromatic carboxylic acids is 1. The number of carboxylic acid groups (broad SMARTS) is 1. The normalized spacial score (nSPS) is 10.0. The van der Waals surface area contributed by atoms with E-state index in [-0.39, 0.29) is 5.56 Å². The molecule has 0 radical (unpaired) electrons. The first-order valence-electron chi connectivity index (χ1n) is 5.13. The minimum Gasteiger partial charge on any atom is -0.477 e. The van der Waals surface area contributed by atoms with Crippen LogP contribution in [0.4, 0.5) is 11.5 Å². The summed E-state index contributed by atoms with van der Waals surface area (Å²) in [5, 5.41) is 19.6. The number of hydrogen-bond acceptors (Lipinski definition) is 5. The van der Waals surface area contributed by atoms with Crippen LogP contribution in [0, 0.1) is 10.1 Å². The highest BCUT2D eigenvalue weighted by Crippen LogP contribution is 2.22. The first-order chi connectivity index (χ1) is 8.01. The predicted molar refractivity (Wildman–Crippen MR) is 61.4 cm³/mol. The summed E-state index contributed by atoms with van der Waals surface area (Å²) >= 11 is 0. The molecule has 0 aliphatic heterocycles. The molecule has 0 aromatic carbocycles. The largest absolute Gasteiger partial charge is 0.477 e. The highest BCUT2D eigenvalue weighted by Gasteiger charge is 2.22. The second kappa shape index (κ2) is 5.24. The van der Waals surface area contributed by atoms with E-state index in [4.69, 9.17) is 5.11 Å². The van der Waals surface area contributed by atoms with Gasteiger partial charge in [0, 0.05) is 19.2 Å². The van der Waals surface area contributed by atoms with E-state index in [1.165, 1.54) is 6.07 Å². The van der Waals surface area contributed by atoms with Gasteiger partial charge in [0.05, 0.1) is 4.92 Å². The van der Waals surface area contributed by atoms with Crippen LogP contribution in [0.25, 0.3) is 0 Å². The average Bonchev–Trinajstić information content (AvgIpc) is 2.30. The summed E-state index contributed by atoms with van der Waals surface area (Å²) in [4.78, 5) is 26.5. The molecule has 0 aliphatic rings. The summed E-state index contributed by atoms with van der Waals surface area (Å²) in [5.41, 5.74) is -0.833. The second-order valence-electron chi connectivity index (χ2n) is 3.29. The number of aromatic nitrogens is 1. The Kier molecular flexibility index (Phi) is 3.97. The molecular weight excluding hydrogens is 226 g/mol. The number of pyridine rings is 1. The molecule has 0 fully saturated rings. The van der Waals surface area contributed by atoms with Crippen molar-refractivity contribution in [2.75, 3.05) is 18.0 Å². The van der Waals surface area contributed by atoms with E-state index in [0.717, 1.165) is 6.20 Å². The van der Waals surface area contributed by atoms with Crippen LogP contribution in [0.3, 0.4) is 0 Å². The molecule has 1 heterocycles. The standard InChI is InChI=1S/C10H13N3O4/c1-3-12(4-2)9-5-7(10(14)15)8(6-11-9)13(16)17/h5-6H,3-4H2,1-2H3,(H,14,15). The van der Waals surface area contributed by atoms with Gasteiger partial charge in [-0.25, -0.2) is 9.78 Å². The van der Waals surface area contributed by atoms with Crippen molar-refractivity contribution < 1.29 is 14.8 Å². The lowest BCUT2D eigenvalue weighted by molar-refractivity contribution is -0.385. The van der Waals surface area contributed by atoms with E-state index in [0.29, 0.717) is 18.9 Å². The number of nitrogens with zero attached hydrogens (tertiary/aromatic N) is 3. The minimum absolute atomic E-state index is 0.341. The van der Waals surface area contributed by atoms with Gasteiger partial charge in [0.15, 0.2) is 0 Å². The fourth-order valence-electron chi connectivity index (χ4n) is 1.47. The molecule has 0 saturated heterocycles. The van der Waals surface area contributed by atoms with E-state index >= 15 is 0 Å². The molecule has 7 nitrogen and oxygen atoms in total. The van der Waals surface area contributed by atoms with Gasteiger partial charge in [-0.3, -0.25) is 10.1 Å². The number of nitro groups is 1. The van der Waals surface area contributed by atoms with Crippen molar-refractivity contribution in [3.8, 4) is 0 Å². The second-order valence-corrected chi connectivity index (χ2v) is 3.29. The third-order valence-corrected chi connectivity index (χ3v) is 2.38. The topological polar surface area (TPSA) is 96.6 Å². The van der Waals surface area contributed by atoms with Crippen LogP contribution >= 0.6 is 0 Å². The Hall–Kier alpha value is -2.18. The summed E-state index contributed by atoms with van der Waals surface area (Å²) < 4.78 is 0. The van der Waals surface area contributed by atoms with Crippen molar-refractivity contribution in [1.82, 2.24) is 4.98 Å². The monoisotopic (exact) mass is 239 g/mol. The predicted octanol–water partition coefficient (Wildman–Crippen LogP) is 1.53. The Bertz CT molecular complexity index is 443. The summed E-state index contributed by atoms with van der Waals surface area (Å²) in [7, 11) is 0. The third kappa shape index (κ3) is 2.68. The Morgan fingerprint density at radius 2 is 2.12 bits per heavy atom. The molecular formula is C10H13N3O4. The summed E-state index contributed by atoms with van der Waals surface area (Å²) in [6.07, 6.45) is 0.983. The van der Waals surface area contributed by atoms with E-state index < -0.39 is 16.6 Å². The van der Waals surface area contributed by atoms with Crippen molar-refractivity contribution in [3.05, 3.63) is 27.9 Å². The molecule has 0 unspecified atom stereocenters. The average molecular weight is 239 g/mol. The lowest BCUT2D eigenvalue weighted by Gasteiger charge is -2.19. The molecule has 7 heteroatoms. The maximum Gasteiger partial charge on any atom is 0.342 e. The molecule has 0 saturated carbocycles. The van der Waals surface area contributed by atoms with Crippen LogP contribution < -0.4 is 4.90 Å². The van der Waals surface area contributed by atoms with Crippen LogP contribution in [0.1, 0.15) is 24.2 Å². The van der Waals surface area contributed by atoms with Gasteiger partial charge in [-0.1, -0.05) is 0 Å². The van der Waals surface area contributed by atoms with Gasteiger partial charge >= 0.3 is 11.7 Å². The summed E-state index contributed by atoms with van der Waals surface area (Å²) in [6, 6.07) is 1.23. The zero-order valence-corrected chi connectivity index (χ0v) is 9.58. The van der Waals surface area contributed by atoms with Gasteiger partial charge in [0.1, 0.15) is 17.6 Å². The van der Waals surface area contributed by atoms with Gasteiger partial charge in [0.25, 0.3) is 0 Å². The Morgan fingerprint density at radius 3 is 2.53 bits per heavy atom. The van der Waals surface area contributed by atoms with Crippen LogP contribution in [0.5, 0.6) is 0 Å². The number of hydrogen-bond donors (Lipinski definition) is 1. The van der Waals surface area contributed by atoms with Crippen LogP contribution in [-0.2, 0) is 0 Å². The van der Waals surface area contributed by atoms with Gasteiger partial charge in [-0.2, -0.15) is 0 Å². The van der Waals surface area contributed by atoms with Crippen molar-refractivity contribution in [1.29, 1.82) is 0 Å². The van der Waals surface area contributed by atoms with Gasteiger partial charge < -0.3 is 10.0 Å². The fraction of sp³-hybridized carbons (Fsp3) is 0.400. The smallest absolute Gasteiger partial charge is 0.342 e. The first kappa shape index (κ1) is 12.9. The maximum absolute atomic E-state index is 10.9. The summed E-state index contributed by atoms with van der Waals surface area (Å²) in [6.45, 7) is 5.10. The Labute approximate surface area is 97.8 Å². The van der Waals surface area contributed by atoms with Crippen LogP contribution in [-0.4, -0.2) is 34.1 Å². The van der Waals surface area contributed by atoms with E-state index in [1.807, 2.05) is 18.7 Å². The van der Waals surface area contributed by atoms with Crippen molar-refractivity contribution >= 4 is 17.5 Å². The molecule has 1 aromatic rings. The summed E-state index contributed by atoms with van der Waals surface area (Å²) in [5.74, 6) is -0.898. The lowest BCUT2D eigenvalue weighted by atomic mass is 10.2. The van der Waals surface area contributed by atoms with E-state index in [1.54, 1.807) is 0 Å². The number of rotatable bonds is 5. The van der Waals surface area contributed by atoms with Crippen molar-refractivity contribution in [3.63, 3.8) is 0 Å². The maximum atomic E-state index is 10.9. The highest BCUT2D eigenvalue weighted by atomic mass is 16.6. The molecule has 0 atom stereocenters. The number of carbonyl (C=O) groups is 1. The molecule has 17 heavy (non-hydrogen) atoms. The molecule has 0 spiro atoms. The highest BCUT2D eigenvalue weighted by molar-refractivity contribution is 5.93. The van der Waals surface area contributed by atoms with Gasteiger partial charge in [-0.15, -0.1) is 0 Å². The Morgan fingerprint density at radius 1 is 1.53 bits per heavy atom. The first-order valence-corrected chi connectivity index (χ1v) is 5.13. The fourth-order valence-corrected chi connectivity index (χ4v) is 1.47. The quantitative estimate of drug-likeness (QED) is 0.618. The van der Waals surface area contributed by atoms with Crippen molar-refractivity contribution in [2.45, 2.75) is 13.8 Å². The zero-order valence-electron chi connectivity index (χ0n) is 9.58. The molecule has 0 amide bonds. The van der Waals surface area contributed by atoms with Crippen molar-refractivity contribution in [2.24, 2.45) is 0 Å². The molecule has 0 aliphatic carbocycles. The SMILES string of the molecule is CCN(CC)c1cc(C(=O)O)c([N+](=O)[O-])cn1. The van der Waals surface area contributed by atoms with E-state index in [9.17, 15) is 14.9 Å². The molecule has 1 N–H and O–H groups in total. The van der Waals surface area contributed by atoms with Crippen LogP contribution in [0.2, 0.25) is 0 Å².